The van der Waals surface area contributed by atoms with Gasteiger partial charge in [-0.15, -0.1) is 21.5 Å². The van der Waals surface area contributed by atoms with Crippen molar-refractivity contribution >= 4 is 40.6 Å². The lowest BCUT2D eigenvalue weighted by Gasteiger charge is -2.05. The molecule has 0 aliphatic heterocycles. The summed E-state index contributed by atoms with van der Waals surface area (Å²) in [5, 5.41) is 14.1. The molecule has 0 aliphatic rings. The van der Waals surface area contributed by atoms with Crippen LogP contribution in [0.2, 0.25) is 5.02 Å². The summed E-state index contributed by atoms with van der Waals surface area (Å²) >= 11 is 8.92. The van der Waals surface area contributed by atoms with E-state index in [1.165, 1.54) is 21.3 Å². The highest BCUT2D eigenvalue weighted by Crippen LogP contribution is 2.23. The Kier molecular flexibility index (Phi) is 5.95. The monoisotopic (exact) mass is 393 g/mol. The SMILES string of the molecule is Nn1c(SCC(=O)NCCc2cccs2)nnc1-c1cccc(Cl)c1. The standard InChI is InChI=1S/C16H16ClN5OS2/c17-12-4-1-3-11(9-12)15-20-21-16(22(15)18)25-10-14(23)19-7-6-13-5-2-8-24-13/h1-5,8-9H,6-7,10,18H2,(H,19,23). The zero-order valence-electron chi connectivity index (χ0n) is 13.2. The van der Waals surface area contributed by atoms with Gasteiger partial charge >= 0.3 is 0 Å². The molecule has 0 spiro atoms. The minimum atomic E-state index is -0.0612. The number of carbonyl (C=O) groups excluding carboxylic acids is 1. The number of amides is 1. The molecule has 1 amide bonds. The smallest absolute Gasteiger partial charge is 0.230 e. The van der Waals surface area contributed by atoms with Crippen LogP contribution in [0.1, 0.15) is 4.88 Å². The Balaban J connectivity index is 1.52. The molecule has 1 aromatic carbocycles. The van der Waals surface area contributed by atoms with E-state index in [1.54, 1.807) is 23.5 Å². The highest BCUT2D eigenvalue weighted by molar-refractivity contribution is 7.99. The Bertz CT molecular complexity index is 850. The zero-order chi connectivity index (χ0) is 17.6. The van der Waals surface area contributed by atoms with Gasteiger partial charge in [0, 0.05) is 22.0 Å². The number of halogens is 1. The molecule has 3 N–H and O–H groups in total. The van der Waals surface area contributed by atoms with Gasteiger partial charge in [0.05, 0.1) is 5.75 Å². The van der Waals surface area contributed by atoms with Crippen LogP contribution in [0.15, 0.2) is 46.9 Å². The second-order valence-corrected chi connectivity index (χ2v) is 7.57. The number of benzene rings is 1. The van der Waals surface area contributed by atoms with Crippen LogP contribution < -0.4 is 11.2 Å². The van der Waals surface area contributed by atoms with Crippen LogP contribution in [0.3, 0.4) is 0 Å². The molecule has 0 unspecified atom stereocenters. The number of aromatic nitrogens is 3. The minimum Gasteiger partial charge on any atom is -0.355 e. The fraction of sp³-hybridized carbons (Fsp3) is 0.188. The number of nitrogens with zero attached hydrogens (tertiary/aromatic N) is 3. The van der Waals surface area contributed by atoms with Gasteiger partial charge in [-0.25, -0.2) is 4.68 Å². The lowest BCUT2D eigenvalue weighted by atomic mass is 10.2. The Hall–Kier alpha value is -2.03. The van der Waals surface area contributed by atoms with Crippen LogP contribution in [0.4, 0.5) is 0 Å². The number of thiophene rings is 1. The first kappa shape index (κ1) is 17.8. The molecular formula is C16H16ClN5OS2. The molecule has 3 rings (SSSR count). The van der Waals surface area contributed by atoms with Crippen LogP contribution in [0, 0.1) is 0 Å². The van der Waals surface area contributed by atoms with Crippen molar-refractivity contribution in [1.82, 2.24) is 20.2 Å². The molecule has 3 aromatic rings. The van der Waals surface area contributed by atoms with Crippen LogP contribution in [0.25, 0.3) is 11.4 Å². The molecule has 25 heavy (non-hydrogen) atoms. The normalized spacial score (nSPS) is 10.8. The van der Waals surface area contributed by atoms with E-state index in [2.05, 4.69) is 21.6 Å². The van der Waals surface area contributed by atoms with Crippen molar-refractivity contribution in [3.63, 3.8) is 0 Å². The van der Waals surface area contributed by atoms with Crippen molar-refractivity contribution in [1.29, 1.82) is 0 Å². The molecule has 9 heteroatoms. The van der Waals surface area contributed by atoms with Crippen molar-refractivity contribution in [2.45, 2.75) is 11.6 Å². The van der Waals surface area contributed by atoms with Crippen LogP contribution in [-0.4, -0.2) is 33.1 Å². The average molecular weight is 394 g/mol. The van der Waals surface area contributed by atoms with E-state index in [-0.39, 0.29) is 11.7 Å². The second-order valence-electron chi connectivity index (χ2n) is 5.15. The van der Waals surface area contributed by atoms with E-state index >= 15 is 0 Å². The fourth-order valence-electron chi connectivity index (χ4n) is 2.16. The van der Waals surface area contributed by atoms with E-state index in [0.29, 0.717) is 22.5 Å². The predicted molar refractivity (Wildman–Crippen MR) is 102 cm³/mol. The van der Waals surface area contributed by atoms with Crippen LogP contribution in [-0.2, 0) is 11.2 Å². The number of nitrogen functional groups attached to an aromatic ring is 1. The number of thioether (sulfide) groups is 1. The number of nitrogens with one attached hydrogen (secondary N) is 1. The number of hydrogen-bond donors (Lipinski definition) is 2. The van der Waals surface area contributed by atoms with Gasteiger partial charge in [-0.3, -0.25) is 4.79 Å². The molecule has 0 radical (unpaired) electrons. The molecule has 2 aromatic heterocycles. The topological polar surface area (TPSA) is 85.8 Å². The van der Waals surface area contributed by atoms with Crippen LogP contribution >= 0.6 is 34.7 Å². The Morgan fingerprint density at radius 2 is 2.20 bits per heavy atom. The summed E-state index contributed by atoms with van der Waals surface area (Å²) in [6.07, 6.45) is 0.833. The first-order chi connectivity index (χ1) is 12.1. The summed E-state index contributed by atoms with van der Waals surface area (Å²) in [6.45, 7) is 0.614. The average Bonchev–Trinajstić information content (AvgIpc) is 3.23. The van der Waals surface area contributed by atoms with Gasteiger partial charge in [-0.1, -0.05) is 41.6 Å². The molecule has 130 valence electrons. The van der Waals surface area contributed by atoms with E-state index in [0.717, 1.165) is 12.0 Å². The molecule has 0 aliphatic carbocycles. The summed E-state index contributed by atoms with van der Waals surface area (Å²) < 4.78 is 1.37. The molecule has 0 saturated heterocycles. The van der Waals surface area contributed by atoms with Gasteiger partial charge in [-0.2, -0.15) is 0 Å². The summed E-state index contributed by atoms with van der Waals surface area (Å²) in [6, 6.07) is 11.3. The first-order valence-electron chi connectivity index (χ1n) is 7.52. The van der Waals surface area contributed by atoms with Crippen molar-refractivity contribution in [2.75, 3.05) is 18.1 Å². The maximum Gasteiger partial charge on any atom is 0.230 e. The summed E-state index contributed by atoms with van der Waals surface area (Å²) in [5.41, 5.74) is 0.773. The van der Waals surface area contributed by atoms with Gasteiger partial charge in [0.15, 0.2) is 5.82 Å². The quantitative estimate of drug-likeness (QED) is 0.476. The lowest BCUT2D eigenvalue weighted by molar-refractivity contribution is -0.118. The van der Waals surface area contributed by atoms with Crippen molar-refractivity contribution in [3.05, 3.63) is 51.7 Å². The molecule has 6 nitrogen and oxygen atoms in total. The number of rotatable bonds is 7. The van der Waals surface area contributed by atoms with E-state index in [9.17, 15) is 4.79 Å². The zero-order valence-corrected chi connectivity index (χ0v) is 15.6. The van der Waals surface area contributed by atoms with Gasteiger partial charge in [0.2, 0.25) is 11.1 Å². The third kappa shape index (κ3) is 4.75. The maximum atomic E-state index is 11.9. The van der Waals surface area contributed by atoms with E-state index < -0.39 is 0 Å². The first-order valence-corrected chi connectivity index (χ1v) is 9.76. The molecular weight excluding hydrogens is 378 g/mol. The molecule has 0 fully saturated rings. The fourth-order valence-corrected chi connectivity index (χ4v) is 3.75. The Morgan fingerprint density at radius 3 is 2.96 bits per heavy atom. The largest absolute Gasteiger partial charge is 0.355 e. The molecule has 0 saturated carbocycles. The number of carbonyl (C=O) groups is 1. The maximum absolute atomic E-state index is 11.9. The van der Waals surface area contributed by atoms with E-state index in [1.807, 2.05) is 23.6 Å². The van der Waals surface area contributed by atoms with Crippen LogP contribution in [0.5, 0.6) is 0 Å². The van der Waals surface area contributed by atoms with E-state index in [4.69, 9.17) is 17.4 Å². The van der Waals surface area contributed by atoms with Crippen molar-refractivity contribution < 1.29 is 4.79 Å². The predicted octanol–water partition coefficient (Wildman–Crippen LogP) is 2.82. The molecule has 0 bridgehead atoms. The third-order valence-corrected chi connectivity index (χ3v) is 5.47. The minimum absolute atomic E-state index is 0.0612. The highest BCUT2D eigenvalue weighted by Gasteiger charge is 2.14. The molecule has 0 atom stereocenters. The summed E-state index contributed by atoms with van der Waals surface area (Å²) in [4.78, 5) is 13.2. The third-order valence-electron chi connectivity index (χ3n) is 3.35. The lowest BCUT2D eigenvalue weighted by Crippen LogP contribution is -2.27. The van der Waals surface area contributed by atoms with Gasteiger partial charge < -0.3 is 11.2 Å². The number of hydrogen-bond acceptors (Lipinski definition) is 6. The Labute approximate surface area is 158 Å². The van der Waals surface area contributed by atoms with Crippen molar-refractivity contribution in [2.24, 2.45) is 0 Å². The summed E-state index contributed by atoms with van der Waals surface area (Å²) in [7, 11) is 0. The van der Waals surface area contributed by atoms with Gasteiger partial charge in [0.25, 0.3) is 0 Å². The highest BCUT2D eigenvalue weighted by atomic mass is 35.5. The van der Waals surface area contributed by atoms with Gasteiger partial charge in [0.1, 0.15) is 0 Å². The second kappa shape index (κ2) is 8.37. The summed E-state index contributed by atoms with van der Waals surface area (Å²) in [5.74, 6) is 6.71. The number of nitrogens with two attached hydrogens (primary N) is 1. The van der Waals surface area contributed by atoms with Gasteiger partial charge in [-0.05, 0) is 30.0 Å². The molecule has 2 heterocycles. The Morgan fingerprint density at radius 1 is 1.32 bits per heavy atom. The van der Waals surface area contributed by atoms with Crippen molar-refractivity contribution in [3.8, 4) is 11.4 Å².